The van der Waals surface area contributed by atoms with E-state index in [4.69, 9.17) is 5.73 Å². The van der Waals surface area contributed by atoms with Gasteiger partial charge >= 0.3 is 0 Å². The van der Waals surface area contributed by atoms with Crippen molar-refractivity contribution in [2.75, 3.05) is 6.54 Å². The molecule has 2 aromatic carbocycles. The van der Waals surface area contributed by atoms with E-state index in [2.05, 4.69) is 43.3 Å². The van der Waals surface area contributed by atoms with Crippen molar-refractivity contribution in [2.24, 2.45) is 5.73 Å². The van der Waals surface area contributed by atoms with Crippen molar-refractivity contribution in [3.8, 4) is 0 Å². The van der Waals surface area contributed by atoms with Gasteiger partial charge in [0.2, 0.25) is 0 Å². The Morgan fingerprint density at radius 1 is 0.882 bits per heavy atom. The molecule has 0 spiro atoms. The van der Waals surface area contributed by atoms with Crippen LogP contribution in [0.15, 0.2) is 36.4 Å². The maximum atomic E-state index is 5.60. The van der Waals surface area contributed by atoms with Crippen LogP contribution in [0.3, 0.4) is 0 Å². The molecule has 0 aliphatic rings. The lowest BCUT2D eigenvalue weighted by molar-refractivity contribution is 0.836. The van der Waals surface area contributed by atoms with Crippen molar-refractivity contribution in [2.45, 2.75) is 32.6 Å². The van der Waals surface area contributed by atoms with Crippen LogP contribution >= 0.6 is 0 Å². The third-order valence-electron chi connectivity index (χ3n) is 3.27. The first kappa shape index (κ1) is 12.1. The summed E-state index contributed by atoms with van der Waals surface area (Å²) in [5.41, 5.74) is 8.51. The lowest BCUT2D eigenvalue weighted by Crippen LogP contribution is -2.01. The summed E-state index contributed by atoms with van der Waals surface area (Å²) in [5, 5.41) is 2.83. The first-order valence-corrected chi connectivity index (χ1v) is 6.56. The highest BCUT2D eigenvalue weighted by Gasteiger charge is 2.04. The largest absolute Gasteiger partial charge is 0.330 e. The van der Waals surface area contributed by atoms with Gasteiger partial charge in [-0.2, -0.15) is 0 Å². The second kappa shape index (κ2) is 5.83. The Bertz CT molecular complexity index is 488. The van der Waals surface area contributed by atoms with Gasteiger partial charge in [0.15, 0.2) is 0 Å². The lowest BCUT2D eigenvalue weighted by Gasteiger charge is -2.10. The second-order valence-corrected chi connectivity index (χ2v) is 4.57. The minimum absolute atomic E-state index is 0.769. The first-order chi connectivity index (χ1) is 8.36. The van der Waals surface area contributed by atoms with Gasteiger partial charge in [-0.1, -0.05) is 49.7 Å². The Balaban J connectivity index is 2.46. The number of hydrogen-bond donors (Lipinski definition) is 1. The van der Waals surface area contributed by atoms with Crippen LogP contribution in [0.5, 0.6) is 0 Å². The van der Waals surface area contributed by atoms with Crippen LogP contribution in [-0.4, -0.2) is 6.54 Å². The normalized spacial score (nSPS) is 10.9. The first-order valence-electron chi connectivity index (χ1n) is 6.56. The molecule has 1 nitrogen and oxygen atoms in total. The summed E-state index contributed by atoms with van der Waals surface area (Å²) in [4.78, 5) is 0. The summed E-state index contributed by atoms with van der Waals surface area (Å²) in [6, 6.07) is 13.3. The van der Waals surface area contributed by atoms with Gasteiger partial charge in [0.05, 0.1) is 0 Å². The fourth-order valence-electron chi connectivity index (χ4n) is 2.42. The molecule has 1 heteroatoms. The van der Waals surface area contributed by atoms with Crippen molar-refractivity contribution in [3.63, 3.8) is 0 Å². The van der Waals surface area contributed by atoms with Gasteiger partial charge in [0.1, 0.15) is 0 Å². The molecule has 0 bridgehead atoms. The van der Waals surface area contributed by atoms with Crippen molar-refractivity contribution in [3.05, 3.63) is 47.5 Å². The van der Waals surface area contributed by atoms with E-state index in [1.54, 1.807) is 0 Å². The maximum Gasteiger partial charge on any atom is -0.00741 e. The van der Waals surface area contributed by atoms with E-state index in [1.165, 1.54) is 28.3 Å². The molecule has 2 aromatic rings. The fourth-order valence-corrected chi connectivity index (χ4v) is 2.42. The molecule has 2 N–H and O–H groups in total. The summed E-state index contributed by atoms with van der Waals surface area (Å²) in [5.74, 6) is 0. The highest BCUT2D eigenvalue weighted by atomic mass is 14.5. The Morgan fingerprint density at radius 3 is 2.00 bits per heavy atom. The number of rotatable bonds is 5. The van der Waals surface area contributed by atoms with Gasteiger partial charge in [-0.15, -0.1) is 0 Å². The molecule has 0 radical (unpaired) electrons. The van der Waals surface area contributed by atoms with Crippen molar-refractivity contribution < 1.29 is 0 Å². The Hall–Kier alpha value is -1.34. The molecule has 0 atom stereocenters. The molecular weight excluding hydrogens is 206 g/mol. The van der Waals surface area contributed by atoms with Crippen LogP contribution in [0, 0.1) is 0 Å². The van der Waals surface area contributed by atoms with Gasteiger partial charge < -0.3 is 5.73 Å². The van der Waals surface area contributed by atoms with E-state index >= 15 is 0 Å². The third kappa shape index (κ3) is 2.67. The third-order valence-corrected chi connectivity index (χ3v) is 3.27. The van der Waals surface area contributed by atoms with Crippen LogP contribution < -0.4 is 5.73 Å². The second-order valence-electron chi connectivity index (χ2n) is 4.57. The molecule has 0 aliphatic heterocycles. The molecule has 0 heterocycles. The van der Waals surface area contributed by atoms with E-state index < -0.39 is 0 Å². The zero-order valence-corrected chi connectivity index (χ0v) is 10.6. The van der Waals surface area contributed by atoms with Crippen LogP contribution in [0.25, 0.3) is 10.8 Å². The molecular formula is C16H21N. The predicted octanol–water partition coefficient (Wildman–Crippen LogP) is 3.68. The molecule has 0 unspecified atom stereocenters. The summed E-state index contributed by atoms with van der Waals surface area (Å²) in [6.07, 6.45) is 4.52. The van der Waals surface area contributed by atoms with E-state index in [-0.39, 0.29) is 0 Å². The lowest BCUT2D eigenvalue weighted by atomic mass is 9.95. The zero-order valence-electron chi connectivity index (χ0n) is 10.6. The smallest absolute Gasteiger partial charge is 0.00741 e. The molecule has 0 saturated heterocycles. The Labute approximate surface area is 104 Å². The van der Waals surface area contributed by atoms with Crippen LogP contribution in [0.1, 0.15) is 30.9 Å². The summed E-state index contributed by atoms with van der Waals surface area (Å²) >= 11 is 0. The quantitative estimate of drug-likeness (QED) is 0.828. The summed E-state index contributed by atoms with van der Waals surface area (Å²) in [6.45, 7) is 3.00. The van der Waals surface area contributed by atoms with E-state index in [1.807, 2.05) is 0 Å². The van der Waals surface area contributed by atoms with Gasteiger partial charge in [0.25, 0.3) is 0 Å². The van der Waals surface area contributed by atoms with E-state index in [9.17, 15) is 0 Å². The van der Waals surface area contributed by atoms with Crippen LogP contribution in [-0.2, 0) is 12.8 Å². The van der Waals surface area contributed by atoms with Crippen molar-refractivity contribution in [1.82, 2.24) is 0 Å². The minimum Gasteiger partial charge on any atom is -0.330 e. The number of benzene rings is 2. The molecule has 90 valence electrons. The van der Waals surface area contributed by atoms with Gasteiger partial charge in [-0.3, -0.25) is 0 Å². The van der Waals surface area contributed by atoms with Gasteiger partial charge in [0, 0.05) is 0 Å². The average molecular weight is 227 g/mol. The van der Waals surface area contributed by atoms with Crippen LogP contribution in [0.2, 0.25) is 0 Å². The molecule has 2 rings (SSSR count). The van der Waals surface area contributed by atoms with E-state index in [0.29, 0.717) is 0 Å². The van der Waals surface area contributed by atoms with Gasteiger partial charge in [-0.25, -0.2) is 0 Å². The molecule has 0 aliphatic carbocycles. The standard InChI is InChI=1S/C16H21N/c1-2-6-13-10-11-14(7-5-12-17)16-9-4-3-8-15(13)16/h3-4,8-11H,2,5-7,12,17H2,1H3. The van der Waals surface area contributed by atoms with Crippen molar-refractivity contribution in [1.29, 1.82) is 0 Å². The van der Waals surface area contributed by atoms with Crippen LogP contribution in [0.4, 0.5) is 0 Å². The molecule has 0 amide bonds. The Kier molecular flexibility index (Phi) is 4.16. The van der Waals surface area contributed by atoms with E-state index in [0.717, 1.165) is 25.8 Å². The molecule has 0 aromatic heterocycles. The monoisotopic (exact) mass is 227 g/mol. The molecule has 0 saturated carbocycles. The Morgan fingerprint density at radius 2 is 1.47 bits per heavy atom. The average Bonchev–Trinajstić information content (AvgIpc) is 2.38. The molecule has 17 heavy (non-hydrogen) atoms. The fraction of sp³-hybridized carbons (Fsp3) is 0.375. The number of hydrogen-bond acceptors (Lipinski definition) is 1. The highest BCUT2D eigenvalue weighted by molar-refractivity contribution is 5.88. The summed E-state index contributed by atoms with van der Waals surface area (Å²) < 4.78 is 0. The number of nitrogens with two attached hydrogens (primary N) is 1. The number of fused-ring (bicyclic) bond motifs is 1. The minimum atomic E-state index is 0.769. The summed E-state index contributed by atoms with van der Waals surface area (Å²) in [7, 11) is 0. The maximum absolute atomic E-state index is 5.60. The highest BCUT2D eigenvalue weighted by Crippen LogP contribution is 2.24. The number of aryl methyl sites for hydroxylation is 2. The van der Waals surface area contributed by atoms with Crippen molar-refractivity contribution >= 4 is 10.8 Å². The zero-order chi connectivity index (χ0) is 12.1. The molecule has 0 fully saturated rings. The topological polar surface area (TPSA) is 26.0 Å². The van der Waals surface area contributed by atoms with Gasteiger partial charge in [-0.05, 0) is 47.7 Å². The predicted molar refractivity (Wildman–Crippen MR) is 75.3 cm³/mol. The SMILES string of the molecule is CCCc1ccc(CCCN)c2ccccc12.